The second-order valence-electron chi connectivity index (χ2n) is 3.29. The summed E-state index contributed by atoms with van der Waals surface area (Å²) in [6.07, 6.45) is 3.67. The number of unbranched alkanes of at least 4 members (excludes halogenated alkanes) is 1. The van der Waals surface area contributed by atoms with Crippen LogP contribution in [0.15, 0.2) is 0 Å². The van der Waals surface area contributed by atoms with Gasteiger partial charge in [0.25, 0.3) is 0 Å². The zero-order valence-corrected chi connectivity index (χ0v) is 9.97. The highest BCUT2D eigenvalue weighted by Gasteiger charge is 2.16. The molecule has 0 fully saturated rings. The SMILES string of the molecule is CCCCOC(=O)c1snnc1CCC. The number of hydrogen-bond donors (Lipinski definition) is 0. The fraction of sp³-hybridized carbons (Fsp3) is 0.700. The number of esters is 1. The van der Waals surface area contributed by atoms with E-state index in [1.807, 2.05) is 6.92 Å². The maximum atomic E-state index is 11.6. The zero-order chi connectivity index (χ0) is 11.1. The number of nitrogens with zero attached hydrogens (tertiary/aromatic N) is 2. The second kappa shape index (κ2) is 6.50. The van der Waals surface area contributed by atoms with Gasteiger partial charge in [-0.25, -0.2) is 4.79 Å². The molecule has 1 aromatic heterocycles. The maximum Gasteiger partial charge on any atom is 0.351 e. The molecule has 0 aliphatic rings. The van der Waals surface area contributed by atoms with Crippen molar-refractivity contribution in [3.63, 3.8) is 0 Å². The summed E-state index contributed by atoms with van der Waals surface area (Å²) in [4.78, 5) is 12.1. The third-order valence-electron chi connectivity index (χ3n) is 1.96. The van der Waals surface area contributed by atoms with E-state index in [-0.39, 0.29) is 5.97 Å². The Kier molecular flexibility index (Phi) is 5.25. The van der Waals surface area contributed by atoms with Crippen molar-refractivity contribution in [3.05, 3.63) is 10.6 Å². The molecule has 0 radical (unpaired) electrons. The van der Waals surface area contributed by atoms with Crippen LogP contribution in [0.1, 0.15) is 48.5 Å². The van der Waals surface area contributed by atoms with Gasteiger partial charge in [0.15, 0.2) is 4.88 Å². The van der Waals surface area contributed by atoms with Crippen molar-refractivity contribution in [1.82, 2.24) is 9.59 Å². The van der Waals surface area contributed by atoms with E-state index < -0.39 is 0 Å². The first kappa shape index (κ1) is 12.1. The van der Waals surface area contributed by atoms with Crippen molar-refractivity contribution in [3.8, 4) is 0 Å². The Hall–Kier alpha value is -0.970. The summed E-state index contributed by atoms with van der Waals surface area (Å²) in [5, 5.41) is 3.92. The van der Waals surface area contributed by atoms with Crippen LogP contribution < -0.4 is 0 Å². The van der Waals surface area contributed by atoms with E-state index in [4.69, 9.17) is 4.74 Å². The molecule has 0 spiro atoms. The number of ether oxygens (including phenoxy) is 1. The smallest absolute Gasteiger partial charge is 0.351 e. The van der Waals surface area contributed by atoms with Gasteiger partial charge in [-0.2, -0.15) is 0 Å². The Morgan fingerprint density at radius 3 is 2.87 bits per heavy atom. The summed E-state index contributed by atoms with van der Waals surface area (Å²) in [5.41, 5.74) is 0.768. The second-order valence-corrected chi connectivity index (χ2v) is 4.04. The van der Waals surface area contributed by atoms with E-state index in [0.29, 0.717) is 11.5 Å². The van der Waals surface area contributed by atoms with Crippen LogP contribution in [0.25, 0.3) is 0 Å². The molecule has 0 bridgehead atoms. The molecule has 0 aliphatic carbocycles. The molecular weight excluding hydrogens is 212 g/mol. The Morgan fingerprint density at radius 1 is 1.40 bits per heavy atom. The van der Waals surface area contributed by atoms with Crippen LogP contribution in [0.2, 0.25) is 0 Å². The number of carbonyl (C=O) groups excluding carboxylic acids is 1. The largest absolute Gasteiger partial charge is 0.461 e. The average molecular weight is 228 g/mol. The Labute approximate surface area is 93.8 Å². The molecule has 5 heteroatoms. The third kappa shape index (κ3) is 3.58. The van der Waals surface area contributed by atoms with Gasteiger partial charge in [0.2, 0.25) is 0 Å². The average Bonchev–Trinajstić information content (AvgIpc) is 2.67. The van der Waals surface area contributed by atoms with Gasteiger partial charge in [-0.15, -0.1) is 5.10 Å². The maximum absolute atomic E-state index is 11.6. The zero-order valence-electron chi connectivity index (χ0n) is 9.15. The number of aromatic nitrogens is 2. The predicted molar refractivity (Wildman–Crippen MR) is 59.1 cm³/mol. The molecule has 15 heavy (non-hydrogen) atoms. The number of aryl methyl sites for hydroxylation is 1. The van der Waals surface area contributed by atoms with Crippen LogP contribution in [0, 0.1) is 0 Å². The summed E-state index contributed by atoms with van der Waals surface area (Å²) < 4.78 is 8.89. The highest BCUT2D eigenvalue weighted by molar-refractivity contribution is 7.07. The number of carbonyl (C=O) groups is 1. The lowest BCUT2D eigenvalue weighted by Crippen LogP contribution is -2.07. The number of rotatable bonds is 6. The minimum Gasteiger partial charge on any atom is -0.461 e. The van der Waals surface area contributed by atoms with Gasteiger partial charge in [0, 0.05) is 0 Å². The summed E-state index contributed by atoms with van der Waals surface area (Å²) in [7, 11) is 0. The summed E-state index contributed by atoms with van der Waals surface area (Å²) in [5.74, 6) is -0.276. The van der Waals surface area contributed by atoms with Crippen molar-refractivity contribution < 1.29 is 9.53 Å². The van der Waals surface area contributed by atoms with Gasteiger partial charge in [-0.05, 0) is 24.4 Å². The van der Waals surface area contributed by atoms with Gasteiger partial charge in [-0.3, -0.25) is 0 Å². The van der Waals surface area contributed by atoms with Gasteiger partial charge < -0.3 is 4.74 Å². The van der Waals surface area contributed by atoms with E-state index in [1.54, 1.807) is 0 Å². The molecular formula is C10H16N2O2S. The molecule has 0 saturated heterocycles. The van der Waals surface area contributed by atoms with E-state index in [2.05, 4.69) is 16.5 Å². The molecule has 0 aliphatic heterocycles. The molecule has 0 aromatic carbocycles. The normalized spacial score (nSPS) is 10.3. The standard InChI is InChI=1S/C10H16N2O2S/c1-3-5-7-14-10(13)9-8(6-4-2)11-12-15-9/h3-7H2,1-2H3. The van der Waals surface area contributed by atoms with E-state index >= 15 is 0 Å². The minimum atomic E-state index is -0.276. The molecule has 0 saturated carbocycles. The highest BCUT2D eigenvalue weighted by Crippen LogP contribution is 2.14. The predicted octanol–water partition coefficient (Wildman–Crippen LogP) is 2.45. The summed E-state index contributed by atoms with van der Waals surface area (Å²) >= 11 is 1.12. The van der Waals surface area contributed by atoms with Gasteiger partial charge in [0.05, 0.1) is 12.3 Å². The lowest BCUT2D eigenvalue weighted by atomic mass is 10.2. The topological polar surface area (TPSA) is 52.1 Å². The minimum absolute atomic E-state index is 0.276. The van der Waals surface area contributed by atoms with E-state index in [1.165, 1.54) is 0 Å². The summed E-state index contributed by atoms with van der Waals surface area (Å²) in [6.45, 7) is 4.59. The molecule has 4 nitrogen and oxygen atoms in total. The van der Waals surface area contributed by atoms with E-state index in [0.717, 1.165) is 42.9 Å². The van der Waals surface area contributed by atoms with Gasteiger partial charge >= 0.3 is 5.97 Å². The molecule has 0 amide bonds. The van der Waals surface area contributed by atoms with Crippen molar-refractivity contribution in [2.75, 3.05) is 6.61 Å². The Morgan fingerprint density at radius 2 is 2.20 bits per heavy atom. The highest BCUT2D eigenvalue weighted by atomic mass is 32.1. The molecule has 1 rings (SSSR count). The molecule has 1 heterocycles. The lowest BCUT2D eigenvalue weighted by Gasteiger charge is -2.02. The van der Waals surface area contributed by atoms with Crippen LogP contribution in [-0.2, 0) is 11.2 Å². The van der Waals surface area contributed by atoms with Gasteiger partial charge in [-0.1, -0.05) is 31.2 Å². The van der Waals surface area contributed by atoms with Crippen LogP contribution in [0.5, 0.6) is 0 Å². The molecule has 84 valence electrons. The monoisotopic (exact) mass is 228 g/mol. The first-order chi connectivity index (χ1) is 7.29. The van der Waals surface area contributed by atoms with Crippen LogP contribution >= 0.6 is 11.5 Å². The van der Waals surface area contributed by atoms with Crippen LogP contribution in [-0.4, -0.2) is 22.2 Å². The van der Waals surface area contributed by atoms with Gasteiger partial charge in [0.1, 0.15) is 0 Å². The third-order valence-corrected chi connectivity index (χ3v) is 2.71. The first-order valence-corrected chi connectivity index (χ1v) is 6.05. The van der Waals surface area contributed by atoms with Crippen LogP contribution in [0.3, 0.4) is 0 Å². The van der Waals surface area contributed by atoms with Crippen molar-refractivity contribution in [1.29, 1.82) is 0 Å². The van der Waals surface area contributed by atoms with Crippen molar-refractivity contribution in [2.45, 2.75) is 39.5 Å². The molecule has 0 N–H and O–H groups in total. The first-order valence-electron chi connectivity index (χ1n) is 5.27. The Balaban J connectivity index is 2.53. The van der Waals surface area contributed by atoms with E-state index in [9.17, 15) is 4.79 Å². The lowest BCUT2D eigenvalue weighted by molar-refractivity contribution is 0.0504. The Bertz CT molecular complexity index is 312. The van der Waals surface area contributed by atoms with Crippen molar-refractivity contribution in [2.24, 2.45) is 0 Å². The fourth-order valence-corrected chi connectivity index (χ4v) is 1.74. The molecule has 0 unspecified atom stereocenters. The molecule has 1 aromatic rings. The van der Waals surface area contributed by atoms with Crippen molar-refractivity contribution >= 4 is 17.5 Å². The quantitative estimate of drug-likeness (QED) is 0.554. The van der Waals surface area contributed by atoms with Crippen LogP contribution in [0.4, 0.5) is 0 Å². The fourth-order valence-electron chi connectivity index (χ4n) is 1.14. The molecule has 0 atom stereocenters. The number of hydrogen-bond acceptors (Lipinski definition) is 5. The summed E-state index contributed by atoms with van der Waals surface area (Å²) in [6, 6.07) is 0.